The first-order chi connectivity index (χ1) is 9.76. The Hall–Kier alpha value is -1.37. The molecule has 1 aromatic carbocycles. The third kappa shape index (κ3) is 2.13. The van der Waals surface area contributed by atoms with E-state index in [2.05, 4.69) is 4.89 Å². The summed E-state index contributed by atoms with van der Waals surface area (Å²) >= 11 is 0. The van der Waals surface area contributed by atoms with Crippen LogP contribution in [0, 0.1) is 0 Å². The van der Waals surface area contributed by atoms with Gasteiger partial charge >= 0.3 is 0 Å². The smallest absolute Gasteiger partial charge is 0.199 e. The average molecular weight is 295 g/mol. The van der Waals surface area contributed by atoms with Crippen LogP contribution >= 0.6 is 0 Å². The van der Waals surface area contributed by atoms with E-state index in [-0.39, 0.29) is 0 Å². The molecule has 20 heavy (non-hydrogen) atoms. The summed E-state index contributed by atoms with van der Waals surface area (Å²) in [7, 11) is 0.321. The maximum absolute atomic E-state index is 12.6. The molecule has 0 aromatic heterocycles. The molecule has 1 aliphatic heterocycles. The molecule has 1 aromatic rings. The van der Waals surface area contributed by atoms with E-state index in [0.717, 1.165) is 47.6 Å². The predicted octanol–water partition coefficient (Wildman–Crippen LogP) is 2.82. The summed E-state index contributed by atoms with van der Waals surface area (Å²) in [6.07, 6.45) is 3.10. The zero-order valence-electron chi connectivity index (χ0n) is 11.2. The molecule has 2 atom stereocenters. The van der Waals surface area contributed by atoms with E-state index in [1.807, 2.05) is 12.1 Å². The third-order valence-corrected chi connectivity index (χ3v) is 5.43. The Morgan fingerprint density at radius 1 is 1.25 bits per heavy atom. The Balaban J connectivity index is 1.95. The fourth-order valence-corrected chi connectivity index (χ4v) is 4.41. The van der Waals surface area contributed by atoms with Crippen LogP contribution in [0.15, 0.2) is 34.7 Å². The first kappa shape index (κ1) is 13.6. The van der Waals surface area contributed by atoms with Crippen LogP contribution in [0.5, 0.6) is 5.75 Å². The zero-order chi connectivity index (χ0) is 14.1. The Morgan fingerprint density at radius 3 is 2.60 bits per heavy atom. The van der Waals surface area contributed by atoms with Crippen molar-refractivity contribution in [3.8, 4) is 5.75 Å². The molecule has 5 nitrogen and oxygen atoms in total. The van der Waals surface area contributed by atoms with Crippen molar-refractivity contribution < 1.29 is 19.1 Å². The molecule has 0 spiro atoms. The summed E-state index contributed by atoms with van der Waals surface area (Å²) in [5.41, 5.74) is 1.71. The first-order valence-corrected chi connectivity index (χ1v) is 7.74. The van der Waals surface area contributed by atoms with Crippen molar-refractivity contribution in [1.29, 1.82) is 0 Å². The number of nitrogens with zero attached hydrogens (tertiary/aromatic N) is 1. The lowest BCUT2D eigenvalue weighted by Crippen LogP contribution is -2.34. The third-order valence-electron chi connectivity index (χ3n) is 3.79. The molecular weight excluding hydrogens is 278 g/mol. The summed E-state index contributed by atoms with van der Waals surface area (Å²) in [6.45, 7) is 0. The average Bonchev–Trinajstić information content (AvgIpc) is 2.80. The highest BCUT2D eigenvalue weighted by Gasteiger charge is 2.41. The summed E-state index contributed by atoms with van der Waals surface area (Å²) in [5.74, 6) is 0.734. The summed E-state index contributed by atoms with van der Waals surface area (Å²) in [4.78, 5) is 5.53. The van der Waals surface area contributed by atoms with Crippen LogP contribution in [0.1, 0.15) is 25.7 Å². The number of ether oxygens (including phenoxy) is 1. The lowest BCUT2D eigenvalue weighted by atomic mass is 9.98. The van der Waals surface area contributed by atoms with Crippen LogP contribution < -0.4 is 9.04 Å². The van der Waals surface area contributed by atoms with Gasteiger partial charge in [-0.1, -0.05) is 0 Å². The first-order valence-electron chi connectivity index (χ1n) is 6.63. The zero-order valence-corrected chi connectivity index (χ0v) is 12.1. The summed E-state index contributed by atoms with van der Waals surface area (Å²) in [6, 6.07) is 7.25. The second-order valence-corrected chi connectivity index (χ2v) is 6.27. The van der Waals surface area contributed by atoms with Gasteiger partial charge in [0.1, 0.15) is 5.75 Å². The van der Waals surface area contributed by atoms with E-state index >= 15 is 0 Å². The molecule has 108 valence electrons. The van der Waals surface area contributed by atoms with Crippen molar-refractivity contribution in [2.24, 2.45) is 0 Å². The van der Waals surface area contributed by atoms with Gasteiger partial charge in [-0.05, 0) is 55.5 Å². The van der Waals surface area contributed by atoms with Gasteiger partial charge < -0.3 is 4.74 Å². The van der Waals surface area contributed by atoms with Crippen LogP contribution in [0.4, 0.5) is 5.69 Å². The highest BCUT2D eigenvalue weighted by atomic mass is 32.2. The fourth-order valence-electron chi connectivity index (χ4n) is 2.78. The molecule has 0 saturated carbocycles. The molecule has 0 bridgehead atoms. The molecule has 0 radical (unpaired) electrons. The van der Waals surface area contributed by atoms with Crippen LogP contribution in [0.3, 0.4) is 0 Å². The highest BCUT2D eigenvalue weighted by molar-refractivity contribution is 7.90. The molecule has 1 heterocycles. The second-order valence-electron chi connectivity index (χ2n) is 4.89. The molecule has 0 amide bonds. The monoisotopic (exact) mass is 295 g/mol. The van der Waals surface area contributed by atoms with Gasteiger partial charge in [0.25, 0.3) is 0 Å². The van der Waals surface area contributed by atoms with Crippen molar-refractivity contribution >= 4 is 16.7 Å². The van der Waals surface area contributed by atoms with Crippen molar-refractivity contribution in [2.45, 2.75) is 31.9 Å². The fraction of sp³-hybridized carbons (Fsp3) is 0.429. The van der Waals surface area contributed by atoms with Crippen LogP contribution in [-0.4, -0.2) is 22.8 Å². The predicted molar refractivity (Wildman–Crippen MR) is 76.6 cm³/mol. The van der Waals surface area contributed by atoms with E-state index in [4.69, 9.17) is 4.74 Å². The Kier molecular flexibility index (Phi) is 3.78. The van der Waals surface area contributed by atoms with E-state index < -0.39 is 17.2 Å². The van der Waals surface area contributed by atoms with Gasteiger partial charge in [0.15, 0.2) is 17.2 Å². The SMILES string of the molecule is COc1ccc(N2[C@H](OO)C3=C(CCCC3)S2=O)cc1. The number of rotatable bonds is 3. The van der Waals surface area contributed by atoms with Gasteiger partial charge in [-0.3, -0.25) is 4.31 Å². The van der Waals surface area contributed by atoms with E-state index in [1.54, 1.807) is 23.5 Å². The maximum atomic E-state index is 12.6. The minimum atomic E-state index is -1.28. The summed E-state index contributed by atoms with van der Waals surface area (Å²) < 4.78 is 19.4. The standard InChI is InChI=1S/C14H17NO4S/c1-18-11-8-6-10(7-9-11)15-14(19-16)12-4-2-3-5-13(12)20(15)17/h6-9,14,16H,2-5H2,1H3/t14-,20?/m1/s1. The number of hydrogen-bond donors (Lipinski definition) is 1. The van der Waals surface area contributed by atoms with Crippen LogP contribution in [0.2, 0.25) is 0 Å². The molecular formula is C14H17NO4S. The number of anilines is 1. The van der Waals surface area contributed by atoms with E-state index in [1.165, 1.54) is 0 Å². The quantitative estimate of drug-likeness (QED) is 0.688. The van der Waals surface area contributed by atoms with Gasteiger partial charge in [-0.25, -0.2) is 14.4 Å². The molecule has 1 aliphatic carbocycles. The Bertz CT molecular complexity index is 555. The van der Waals surface area contributed by atoms with Gasteiger partial charge in [-0.15, -0.1) is 0 Å². The van der Waals surface area contributed by atoms with E-state index in [9.17, 15) is 9.47 Å². The van der Waals surface area contributed by atoms with E-state index in [0.29, 0.717) is 0 Å². The number of hydrogen-bond acceptors (Lipinski definition) is 4. The Morgan fingerprint density at radius 2 is 1.95 bits per heavy atom. The number of benzene rings is 1. The molecule has 2 aliphatic rings. The normalized spacial score (nSPS) is 25.8. The van der Waals surface area contributed by atoms with Gasteiger partial charge in [0, 0.05) is 4.91 Å². The minimum absolute atomic E-state index is 0.639. The molecule has 3 rings (SSSR count). The highest BCUT2D eigenvalue weighted by Crippen LogP contribution is 2.41. The number of allylic oxidation sites excluding steroid dienone is 1. The lowest BCUT2D eigenvalue weighted by Gasteiger charge is -2.24. The Labute approximate surface area is 120 Å². The molecule has 0 fully saturated rings. The molecule has 6 heteroatoms. The molecule has 1 unspecified atom stereocenters. The van der Waals surface area contributed by atoms with Crippen molar-refractivity contribution in [2.75, 3.05) is 11.4 Å². The van der Waals surface area contributed by atoms with Crippen molar-refractivity contribution in [3.05, 3.63) is 34.7 Å². The molecule has 0 saturated heterocycles. The minimum Gasteiger partial charge on any atom is -0.497 e. The van der Waals surface area contributed by atoms with Gasteiger partial charge in [0.05, 0.1) is 12.8 Å². The number of methoxy groups -OCH3 is 1. The van der Waals surface area contributed by atoms with Gasteiger partial charge in [0.2, 0.25) is 0 Å². The van der Waals surface area contributed by atoms with Crippen LogP contribution in [-0.2, 0) is 15.9 Å². The van der Waals surface area contributed by atoms with Crippen molar-refractivity contribution in [3.63, 3.8) is 0 Å². The maximum Gasteiger partial charge on any atom is 0.199 e. The topological polar surface area (TPSA) is 59.0 Å². The lowest BCUT2D eigenvalue weighted by molar-refractivity contribution is -0.265. The largest absolute Gasteiger partial charge is 0.497 e. The summed E-state index contributed by atoms with van der Waals surface area (Å²) in [5, 5.41) is 9.22. The van der Waals surface area contributed by atoms with Gasteiger partial charge in [-0.2, -0.15) is 0 Å². The van der Waals surface area contributed by atoms with Crippen molar-refractivity contribution in [1.82, 2.24) is 0 Å². The molecule has 1 N–H and O–H groups in total. The second kappa shape index (κ2) is 5.55. The van der Waals surface area contributed by atoms with Crippen LogP contribution in [0.25, 0.3) is 0 Å².